The molecule has 1 N–H and O–H groups in total. The average molecular weight is 387 g/mol. The number of halogens is 1. The lowest BCUT2D eigenvalue weighted by Gasteiger charge is -2.35. The summed E-state index contributed by atoms with van der Waals surface area (Å²) in [5.41, 5.74) is 0.720. The molecule has 28 heavy (non-hydrogen) atoms. The van der Waals surface area contributed by atoms with Gasteiger partial charge in [-0.05, 0) is 56.5 Å². The molecule has 0 bridgehead atoms. The molecular weight excluding hydrogens is 361 g/mol. The van der Waals surface area contributed by atoms with E-state index < -0.39 is 12.0 Å². The standard InChI is InChI=1S/C22H26FNO4/c1-15(2)27-17-9-7-16(8-10-17)21(22(25)26)24-13-11-18(12-14-24)28-20-6-4-3-5-19(20)23/h3-10,15,18,21H,11-14H2,1-2H3,(H,25,26)/t21-/m0/s1. The lowest BCUT2D eigenvalue weighted by atomic mass is 10.0. The Balaban J connectivity index is 1.63. The van der Waals surface area contributed by atoms with E-state index in [0.29, 0.717) is 25.9 Å². The van der Waals surface area contributed by atoms with Gasteiger partial charge in [0.05, 0.1) is 6.10 Å². The molecular formula is C22H26FNO4. The first-order valence-corrected chi connectivity index (χ1v) is 9.58. The maximum absolute atomic E-state index is 13.8. The number of carboxylic acids is 1. The highest BCUT2D eigenvalue weighted by atomic mass is 19.1. The van der Waals surface area contributed by atoms with Crippen molar-refractivity contribution < 1.29 is 23.8 Å². The third kappa shape index (κ3) is 5.01. The van der Waals surface area contributed by atoms with Gasteiger partial charge in [-0.3, -0.25) is 9.69 Å². The monoisotopic (exact) mass is 387 g/mol. The van der Waals surface area contributed by atoms with Crippen LogP contribution < -0.4 is 9.47 Å². The minimum atomic E-state index is -0.883. The van der Waals surface area contributed by atoms with E-state index in [0.717, 1.165) is 11.3 Å². The van der Waals surface area contributed by atoms with E-state index in [4.69, 9.17) is 9.47 Å². The molecule has 150 valence electrons. The van der Waals surface area contributed by atoms with E-state index in [9.17, 15) is 14.3 Å². The number of piperidine rings is 1. The SMILES string of the molecule is CC(C)Oc1ccc([C@@H](C(=O)O)N2CCC(Oc3ccccc3F)CC2)cc1. The maximum atomic E-state index is 13.8. The second-order valence-electron chi connectivity index (χ2n) is 7.26. The molecule has 0 aromatic heterocycles. The summed E-state index contributed by atoms with van der Waals surface area (Å²) in [5.74, 6) is -0.292. The fraction of sp³-hybridized carbons (Fsp3) is 0.409. The van der Waals surface area contributed by atoms with E-state index in [1.165, 1.54) is 6.07 Å². The van der Waals surface area contributed by atoms with Crippen LogP contribution in [0.25, 0.3) is 0 Å². The normalized spacial score (nSPS) is 16.7. The predicted molar refractivity (Wildman–Crippen MR) is 104 cm³/mol. The Hall–Kier alpha value is -2.60. The van der Waals surface area contributed by atoms with Crippen LogP contribution in [0.2, 0.25) is 0 Å². The molecule has 1 aliphatic rings. The second kappa shape index (κ2) is 9.06. The Bertz CT molecular complexity index is 785. The van der Waals surface area contributed by atoms with E-state index in [-0.39, 0.29) is 23.8 Å². The quantitative estimate of drug-likeness (QED) is 0.768. The summed E-state index contributed by atoms with van der Waals surface area (Å²) in [7, 11) is 0. The number of benzene rings is 2. The van der Waals surface area contributed by atoms with Crippen molar-refractivity contribution in [3.63, 3.8) is 0 Å². The minimum Gasteiger partial charge on any atom is -0.491 e. The van der Waals surface area contributed by atoms with Crippen molar-refractivity contribution in [2.75, 3.05) is 13.1 Å². The minimum absolute atomic E-state index is 0.0644. The first-order valence-electron chi connectivity index (χ1n) is 9.58. The van der Waals surface area contributed by atoms with Crippen molar-refractivity contribution in [2.24, 2.45) is 0 Å². The van der Waals surface area contributed by atoms with Gasteiger partial charge >= 0.3 is 5.97 Å². The maximum Gasteiger partial charge on any atom is 0.325 e. The number of hydrogen-bond donors (Lipinski definition) is 1. The van der Waals surface area contributed by atoms with E-state index >= 15 is 0 Å². The fourth-order valence-corrected chi connectivity index (χ4v) is 3.48. The number of hydrogen-bond acceptors (Lipinski definition) is 4. The molecule has 0 aliphatic carbocycles. The third-order valence-corrected chi connectivity index (χ3v) is 4.77. The Morgan fingerprint density at radius 1 is 1.11 bits per heavy atom. The zero-order chi connectivity index (χ0) is 20.1. The molecule has 0 unspecified atom stereocenters. The number of ether oxygens (including phenoxy) is 2. The van der Waals surface area contributed by atoms with Crippen molar-refractivity contribution >= 4 is 5.97 Å². The number of aliphatic carboxylic acids is 1. The van der Waals surface area contributed by atoms with Gasteiger partial charge in [-0.25, -0.2) is 4.39 Å². The highest BCUT2D eigenvalue weighted by molar-refractivity contribution is 5.75. The first kappa shape index (κ1) is 20.1. The summed E-state index contributed by atoms with van der Waals surface area (Å²) in [6, 6.07) is 12.8. The van der Waals surface area contributed by atoms with Crippen LogP contribution in [-0.2, 0) is 4.79 Å². The molecule has 1 saturated heterocycles. The molecule has 0 radical (unpaired) electrons. The lowest BCUT2D eigenvalue weighted by molar-refractivity contribution is -0.144. The number of likely N-dealkylation sites (tertiary alicyclic amines) is 1. The number of carbonyl (C=O) groups is 1. The van der Waals surface area contributed by atoms with Gasteiger partial charge in [0.2, 0.25) is 0 Å². The summed E-state index contributed by atoms with van der Waals surface area (Å²) in [5, 5.41) is 9.78. The summed E-state index contributed by atoms with van der Waals surface area (Å²) < 4.78 is 25.2. The highest BCUT2D eigenvalue weighted by Gasteiger charge is 2.31. The van der Waals surface area contributed by atoms with Crippen LogP contribution in [0.3, 0.4) is 0 Å². The van der Waals surface area contributed by atoms with Gasteiger partial charge in [0.25, 0.3) is 0 Å². The van der Waals surface area contributed by atoms with E-state index in [2.05, 4.69) is 0 Å². The van der Waals surface area contributed by atoms with Gasteiger partial charge < -0.3 is 14.6 Å². The molecule has 0 saturated carbocycles. The third-order valence-electron chi connectivity index (χ3n) is 4.77. The molecule has 0 amide bonds. The average Bonchev–Trinajstić information content (AvgIpc) is 2.66. The Kier molecular flexibility index (Phi) is 6.52. The molecule has 1 fully saturated rings. The number of nitrogens with zero attached hydrogens (tertiary/aromatic N) is 1. The molecule has 2 aromatic rings. The van der Waals surface area contributed by atoms with Crippen LogP contribution in [0.1, 0.15) is 38.3 Å². The summed E-state index contributed by atoms with van der Waals surface area (Å²) in [4.78, 5) is 13.9. The second-order valence-corrected chi connectivity index (χ2v) is 7.26. The van der Waals surface area contributed by atoms with Crippen molar-refractivity contribution in [1.29, 1.82) is 0 Å². The van der Waals surface area contributed by atoms with Crippen molar-refractivity contribution in [2.45, 2.75) is 44.9 Å². The van der Waals surface area contributed by atoms with Crippen LogP contribution in [0.4, 0.5) is 4.39 Å². The van der Waals surface area contributed by atoms with Gasteiger partial charge in [-0.2, -0.15) is 0 Å². The summed E-state index contributed by atoms with van der Waals surface area (Å²) >= 11 is 0. The van der Waals surface area contributed by atoms with Crippen LogP contribution in [0, 0.1) is 5.82 Å². The van der Waals surface area contributed by atoms with Crippen LogP contribution >= 0.6 is 0 Å². The summed E-state index contributed by atoms with van der Waals surface area (Å²) in [6.07, 6.45) is 1.23. The van der Waals surface area contributed by atoms with Gasteiger partial charge in [0, 0.05) is 13.1 Å². The summed E-state index contributed by atoms with van der Waals surface area (Å²) in [6.45, 7) is 5.03. The van der Waals surface area contributed by atoms with Crippen LogP contribution in [0.5, 0.6) is 11.5 Å². The molecule has 6 heteroatoms. The molecule has 1 heterocycles. The van der Waals surface area contributed by atoms with Crippen LogP contribution in [-0.4, -0.2) is 41.3 Å². The fourth-order valence-electron chi connectivity index (χ4n) is 3.48. The largest absolute Gasteiger partial charge is 0.491 e. The molecule has 1 atom stereocenters. The molecule has 1 aliphatic heterocycles. The molecule has 2 aromatic carbocycles. The molecule has 0 spiro atoms. The zero-order valence-electron chi connectivity index (χ0n) is 16.2. The van der Waals surface area contributed by atoms with Gasteiger partial charge in [-0.15, -0.1) is 0 Å². The Morgan fingerprint density at radius 3 is 2.32 bits per heavy atom. The Morgan fingerprint density at radius 2 is 1.75 bits per heavy atom. The van der Waals surface area contributed by atoms with Gasteiger partial charge in [0.1, 0.15) is 17.9 Å². The van der Waals surface area contributed by atoms with Crippen molar-refractivity contribution in [1.82, 2.24) is 4.90 Å². The molecule has 5 nitrogen and oxygen atoms in total. The number of para-hydroxylation sites is 1. The number of carboxylic acid groups (broad SMARTS) is 1. The van der Waals surface area contributed by atoms with Crippen molar-refractivity contribution in [3.8, 4) is 11.5 Å². The van der Waals surface area contributed by atoms with Crippen LogP contribution in [0.15, 0.2) is 48.5 Å². The smallest absolute Gasteiger partial charge is 0.325 e. The molecule has 3 rings (SSSR count). The van der Waals surface area contributed by atoms with E-state index in [1.54, 1.807) is 42.5 Å². The lowest BCUT2D eigenvalue weighted by Crippen LogP contribution is -2.43. The van der Waals surface area contributed by atoms with Crippen molar-refractivity contribution in [3.05, 3.63) is 59.9 Å². The highest BCUT2D eigenvalue weighted by Crippen LogP contribution is 2.29. The van der Waals surface area contributed by atoms with E-state index in [1.807, 2.05) is 18.7 Å². The predicted octanol–water partition coefficient (Wildman–Crippen LogP) is 4.28. The number of rotatable bonds is 7. The first-order chi connectivity index (χ1) is 13.4. The zero-order valence-corrected chi connectivity index (χ0v) is 16.2. The van der Waals surface area contributed by atoms with Gasteiger partial charge in [-0.1, -0.05) is 24.3 Å². The topological polar surface area (TPSA) is 59.0 Å². The van der Waals surface area contributed by atoms with Gasteiger partial charge in [0.15, 0.2) is 11.6 Å². The Labute approximate surface area is 164 Å².